The van der Waals surface area contributed by atoms with Gasteiger partial charge in [-0.05, 0) is 18.9 Å². The van der Waals surface area contributed by atoms with Gasteiger partial charge in [-0.15, -0.1) is 0 Å². The number of aromatic nitrogens is 2. The maximum Gasteiger partial charge on any atom is 0.278 e. The summed E-state index contributed by atoms with van der Waals surface area (Å²) in [6.07, 6.45) is 1.61. The van der Waals surface area contributed by atoms with Crippen LogP contribution in [0.2, 0.25) is 0 Å². The molecule has 1 aliphatic carbocycles. The second-order valence-corrected chi connectivity index (χ2v) is 5.35. The third-order valence-corrected chi connectivity index (χ3v) is 3.82. The number of fused-ring (bicyclic) bond motifs is 1. The summed E-state index contributed by atoms with van der Waals surface area (Å²) in [6, 6.07) is 6.12. The second-order valence-electron chi connectivity index (χ2n) is 5.35. The number of nitrogens with two attached hydrogens (primary N) is 1. The molecule has 2 N–H and O–H groups in total. The van der Waals surface area contributed by atoms with Gasteiger partial charge in [0.1, 0.15) is 12.2 Å². The lowest BCUT2D eigenvalue weighted by atomic mass is 9.92. The number of hydrogen-bond donors (Lipinski definition) is 1. The molecule has 0 radical (unpaired) electrons. The number of para-hydroxylation sites is 1. The summed E-state index contributed by atoms with van der Waals surface area (Å²) in [4.78, 5) is 34.3. The summed E-state index contributed by atoms with van der Waals surface area (Å²) in [7, 11) is 0. The maximum atomic E-state index is 12.3. The van der Waals surface area contributed by atoms with Crippen LogP contribution < -0.4 is 5.73 Å². The molecule has 1 heterocycles. The first-order valence-electron chi connectivity index (χ1n) is 7.14. The number of amides is 1. The molecule has 23 heavy (non-hydrogen) atoms. The van der Waals surface area contributed by atoms with Crippen molar-refractivity contribution >= 4 is 17.4 Å². The van der Waals surface area contributed by atoms with Crippen LogP contribution in [0.5, 0.6) is 0 Å². The number of primary amides is 1. The van der Waals surface area contributed by atoms with E-state index in [-0.39, 0.29) is 29.3 Å². The van der Waals surface area contributed by atoms with E-state index in [0.29, 0.717) is 30.5 Å². The van der Waals surface area contributed by atoms with Gasteiger partial charge in [-0.3, -0.25) is 24.4 Å². The topological polar surface area (TPSA) is 121 Å². The first-order chi connectivity index (χ1) is 11.0. The number of carbonyl (C=O) groups excluding carboxylic acids is 2. The van der Waals surface area contributed by atoms with Crippen LogP contribution in [0.1, 0.15) is 28.9 Å². The predicted octanol–water partition coefficient (Wildman–Crippen LogP) is 1.46. The van der Waals surface area contributed by atoms with Gasteiger partial charge in [-0.25, -0.2) is 0 Å². The molecular formula is C15H14N4O4. The highest BCUT2D eigenvalue weighted by Crippen LogP contribution is 2.35. The highest BCUT2D eigenvalue weighted by molar-refractivity contribution is 6.04. The number of rotatable bonds is 4. The van der Waals surface area contributed by atoms with Crippen molar-refractivity contribution in [3.05, 3.63) is 45.6 Å². The van der Waals surface area contributed by atoms with Gasteiger partial charge in [-0.1, -0.05) is 12.1 Å². The van der Waals surface area contributed by atoms with Crippen LogP contribution in [0.25, 0.3) is 11.3 Å². The van der Waals surface area contributed by atoms with E-state index < -0.39 is 10.8 Å². The van der Waals surface area contributed by atoms with Crippen LogP contribution in [0, 0.1) is 10.1 Å². The van der Waals surface area contributed by atoms with Gasteiger partial charge in [0.25, 0.3) is 5.69 Å². The lowest BCUT2D eigenvalue weighted by Crippen LogP contribution is -2.22. The molecule has 8 nitrogen and oxygen atoms in total. The molecule has 0 aliphatic heterocycles. The van der Waals surface area contributed by atoms with E-state index in [4.69, 9.17) is 5.73 Å². The average Bonchev–Trinajstić information content (AvgIpc) is 2.86. The first-order valence-corrected chi connectivity index (χ1v) is 7.14. The number of Topliss-reactive ketones (excluding diaryl/α,β-unsaturated/α-hetero) is 1. The second kappa shape index (κ2) is 5.64. The van der Waals surface area contributed by atoms with Crippen molar-refractivity contribution in [1.82, 2.24) is 9.78 Å². The van der Waals surface area contributed by atoms with Crippen molar-refractivity contribution in [3.63, 3.8) is 0 Å². The molecule has 2 aromatic rings. The number of benzene rings is 1. The molecule has 8 heteroatoms. The average molecular weight is 314 g/mol. The molecule has 118 valence electrons. The van der Waals surface area contributed by atoms with Gasteiger partial charge in [0.2, 0.25) is 5.91 Å². The number of ketones is 1. The largest absolute Gasteiger partial charge is 0.368 e. The normalized spacial score (nSPS) is 13.7. The number of nitrogens with zero attached hydrogens (tertiary/aromatic N) is 3. The van der Waals surface area contributed by atoms with Crippen molar-refractivity contribution < 1.29 is 14.5 Å². The third-order valence-electron chi connectivity index (χ3n) is 3.82. The summed E-state index contributed by atoms with van der Waals surface area (Å²) in [5.74, 6) is -0.697. The van der Waals surface area contributed by atoms with Crippen molar-refractivity contribution in [2.75, 3.05) is 0 Å². The van der Waals surface area contributed by atoms with E-state index in [1.54, 1.807) is 18.2 Å². The zero-order chi connectivity index (χ0) is 16.6. The molecule has 0 unspecified atom stereocenters. The Labute approximate surface area is 131 Å². The Hall–Kier alpha value is -3.03. The molecular weight excluding hydrogens is 300 g/mol. The van der Waals surface area contributed by atoms with Crippen molar-refractivity contribution in [1.29, 1.82) is 0 Å². The van der Waals surface area contributed by atoms with Gasteiger partial charge in [-0.2, -0.15) is 5.10 Å². The van der Waals surface area contributed by atoms with Gasteiger partial charge >= 0.3 is 0 Å². The molecule has 0 atom stereocenters. The quantitative estimate of drug-likeness (QED) is 0.676. The van der Waals surface area contributed by atoms with Crippen LogP contribution in [0.4, 0.5) is 5.69 Å². The Morgan fingerprint density at radius 2 is 2.09 bits per heavy atom. The minimum Gasteiger partial charge on any atom is -0.368 e. The summed E-state index contributed by atoms with van der Waals surface area (Å²) >= 11 is 0. The van der Waals surface area contributed by atoms with E-state index in [1.165, 1.54) is 10.7 Å². The Morgan fingerprint density at radius 1 is 1.35 bits per heavy atom. The lowest BCUT2D eigenvalue weighted by Gasteiger charge is -2.12. The fourth-order valence-electron chi connectivity index (χ4n) is 2.89. The summed E-state index contributed by atoms with van der Waals surface area (Å²) in [6.45, 7) is -0.157. The molecule has 0 spiro atoms. The minimum atomic E-state index is -0.581. The monoisotopic (exact) mass is 314 g/mol. The van der Waals surface area contributed by atoms with Crippen molar-refractivity contribution in [2.45, 2.75) is 25.8 Å². The number of hydrogen-bond acceptors (Lipinski definition) is 5. The van der Waals surface area contributed by atoms with Gasteiger partial charge in [0.05, 0.1) is 21.7 Å². The fourth-order valence-corrected chi connectivity index (χ4v) is 2.89. The zero-order valence-corrected chi connectivity index (χ0v) is 12.2. The minimum absolute atomic E-state index is 0.116. The zero-order valence-electron chi connectivity index (χ0n) is 12.2. The van der Waals surface area contributed by atoms with E-state index in [0.717, 1.165) is 0 Å². The highest BCUT2D eigenvalue weighted by Gasteiger charge is 2.30. The van der Waals surface area contributed by atoms with Crippen molar-refractivity contribution in [2.24, 2.45) is 5.73 Å². The maximum absolute atomic E-state index is 12.3. The Morgan fingerprint density at radius 3 is 2.78 bits per heavy atom. The standard InChI is InChI=1S/C15H14N4O4/c16-13(21)8-18-11-6-3-7-12(20)14(11)15(17-18)9-4-1-2-5-10(9)19(22)23/h1-2,4-5H,3,6-8H2,(H2,16,21). The smallest absolute Gasteiger partial charge is 0.278 e. The van der Waals surface area contributed by atoms with Gasteiger partial charge < -0.3 is 5.73 Å². The molecule has 1 amide bonds. The molecule has 0 fully saturated rings. The Balaban J connectivity index is 2.24. The number of nitro groups is 1. The Bertz CT molecular complexity index is 825. The van der Waals surface area contributed by atoms with E-state index in [2.05, 4.69) is 5.10 Å². The highest BCUT2D eigenvalue weighted by atomic mass is 16.6. The molecule has 0 saturated carbocycles. The van der Waals surface area contributed by atoms with Crippen LogP contribution >= 0.6 is 0 Å². The molecule has 1 aromatic carbocycles. The Kier molecular flexibility index (Phi) is 3.65. The molecule has 3 rings (SSSR count). The van der Waals surface area contributed by atoms with Crippen LogP contribution in [0.3, 0.4) is 0 Å². The molecule has 1 aliphatic rings. The third kappa shape index (κ3) is 2.59. The lowest BCUT2D eigenvalue weighted by molar-refractivity contribution is -0.384. The number of carbonyl (C=O) groups is 2. The summed E-state index contributed by atoms with van der Waals surface area (Å²) < 4.78 is 1.39. The van der Waals surface area contributed by atoms with Gasteiger partial charge in [0, 0.05) is 12.5 Å². The molecule has 0 saturated heterocycles. The first kappa shape index (κ1) is 14.9. The van der Waals surface area contributed by atoms with Crippen LogP contribution in [-0.2, 0) is 17.8 Å². The SMILES string of the molecule is NC(=O)Cn1nc(-c2ccccc2[N+](=O)[O-])c2c1CCCC2=O. The predicted molar refractivity (Wildman–Crippen MR) is 80.8 cm³/mol. The van der Waals surface area contributed by atoms with E-state index in [1.807, 2.05) is 0 Å². The van der Waals surface area contributed by atoms with Crippen LogP contribution in [0.15, 0.2) is 24.3 Å². The molecule has 1 aromatic heterocycles. The summed E-state index contributed by atoms with van der Waals surface area (Å²) in [5.41, 5.74) is 6.60. The molecule has 0 bridgehead atoms. The van der Waals surface area contributed by atoms with E-state index >= 15 is 0 Å². The van der Waals surface area contributed by atoms with Gasteiger partial charge in [0.15, 0.2) is 5.78 Å². The number of nitro benzene ring substituents is 1. The van der Waals surface area contributed by atoms with Crippen molar-refractivity contribution in [3.8, 4) is 11.3 Å². The summed E-state index contributed by atoms with van der Waals surface area (Å²) in [5, 5.41) is 15.5. The van der Waals surface area contributed by atoms with Crippen LogP contribution in [-0.4, -0.2) is 26.4 Å². The fraction of sp³-hybridized carbons (Fsp3) is 0.267. The van der Waals surface area contributed by atoms with E-state index in [9.17, 15) is 19.7 Å².